The number of amides is 1. The van der Waals surface area contributed by atoms with Crippen molar-refractivity contribution < 1.29 is 4.79 Å². The maximum absolute atomic E-state index is 12.9. The molecular formula is C27H25ClN6O. The second-order valence-electron chi connectivity index (χ2n) is 8.32. The molecule has 1 saturated heterocycles. The molecule has 0 bridgehead atoms. The van der Waals surface area contributed by atoms with Gasteiger partial charge >= 0.3 is 0 Å². The molecule has 0 radical (unpaired) electrons. The van der Waals surface area contributed by atoms with E-state index in [2.05, 4.69) is 27.0 Å². The van der Waals surface area contributed by atoms with Crippen LogP contribution >= 0.6 is 11.6 Å². The van der Waals surface area contributed by atoms with Crippen molar-refractivity contribution in [1.29, 1.82) is 0 Å². The Morgan fingerprint density at radius 1 is 0.914 bits per heavy atom. The topological polar surface area (TPSA) is 67.2 Å². The first kappa shape index (κ1) is 22.8. The number of aromatic nitrogens is 4. The van der Waals surface area contributed by atoms with Gasteiger partial charge in [0, 0.05) is 67.0 Å². The summed E-state index contributed by atoms with van der Waals surface area (Å²) in [6, 6.07) is 19.6. The summed E-state index contributed by atoms with van der Waals surface area (Å²) < 4.78 is 1.90. The fourth-order valence-electron chi connectivity index (χ4n) is 4.09. The average Bonchev–Trinajstić information content (AvgIpc) is 3.31. The molecule has 5 rings (SSSR count). The Kier molecular flexibility index (Phi) is 6.86. The zero-order chi connectivity index (χ0) is 24.0. The van der Waals surface area contributed by atoms with Crippen molar-refractivity contribution in [2.24, 2.45) is 0 Å². The molecule has 0 N–H and O–H groups in total. The smallest absolute Gasteiger partial charge is 0.246 e. The minimum atomic E-state index is -0.0171. The fraction of sp³-hybridized carbons (Fsp3) is 0.185. The lowest BCUT2D eigenvalue weighted by molar-refractivity contribution is -0.126. The molecule has 0 saturated carbocycles. The molecule has 3 heterocycles. The zero-order valence-electron chi connectivity index (χ0n) is 19.2. The van der Waals surface area contributed by atoms with Crippen LogP contribution in [0.3, 0.4) is 0 Å². The van der Waals surface area contributed by atoms with Gasteiger partial charge in [0.25, 0.3) is 0 Å². The highest BCUT2D eigenvalue weighted by Crippen LogP contribution is 2.25. The van der Waals surface area contributed by atoms with Gasteiger partial charge in [0.1, 0.15) is 0 Å². The van der Waals surface area contributed by atoms with Gasteiger partial charge in [-0.1, -0.05) is 54.1 Å². The summed E-state index contributed by atoms with van der Waals surface area (Å²) in [5.41, 5.74) is 3.80. The van der Waals surface area contributed by atoms with Crippen molar-refractivity contribution >= 4 is 29.5 Å². The molecule has 35 heavy (non-hydrogen) atoms. The van der Waals surface area contributed by atoms with Crippen molar-refractivity contribution in [3.05, 3.63) is 101 Å². The van der Waals surface area contributed by atoms with E-state index in [0.29, 0.717) is 43.7 Å². The van der Waals surface area contributed by atoms with Gasteiger partial charge in [0.2, 0.25) is 11.9 Å². The molecule has 0 aliphatic carbocycles. The third kappa shape index (κ3) is 5.58. The van der Waals surface area contributed by atoms with Crippen LogP contribution < -0.4 is 4.90 Å². The predicted molar refractivity (Wildman–Crippen MR) is 138 cm³/mol. The molecule has 8 heteroatoms. The van der Waals surface area contributed by atoms with E-state index in [0.717, 1.165) is 22.4 Å². The first-order valence-corrected chi connectivity index (χ1v) is 11.9. The van der Waals surface area contributed by atoms with Crippen LogP contribution in [0.15, 0.2) is 85.3 Å². The first-order chi connectivity index (χ1) is 17.2. The van der Waals surface area contributed by atoms with Crippen LogP contribution in [-0.2, 0) is 11.3 Å². The third-order valence-corrected chi connectivity index (χ3v) is 6.18. The van der Waals surface area contributed by atoms with Gasteiger partial charge in [-0.05, 0) is 29.8 Å². The number of piperazine rings is 1. The molecule has 2 aromatic heterocycles. The Morgan fingerprint density at radius 2 is 1.63 bits per heavy atom. The standard InChI is InChI=1S/C27H25ClN6O/c28-24-10-7-22(8-11-24)26-23(20-34(31-26)19-21-5-2-1-3-6-21)9-12-25(35)32-15-17-33(18-16-32)27-29-13-4-14-30-27/h1-14,20H,15-19H2/b12-9+. The molecule has 0 spiro atoms. The van der Waals surface area contributed by atoms with Crippen molar-refractivity contribution in [3.8, 4) is 11.3 Å². The van der Waals surface area contributed by atoms with Crippen LogP contribution in [0, 0.1) is 0 Å². The molecule has 7 nitrogen and oxygen atoms in total. The molecule has 0 unspecified atom stereocenters. The van der Waals surface area contributed by atoms with Crippen LogP contribution in [-0.4, -0.2) is 56.7 Å². The Bertz CT molecular complexity index is 1300. The van der Waals surface area contributed by atoms with E-state index < -0.39 is 0 Å². The number of hydrogen-bond acceptors (Lipinski definition) is 5. The minimum Gasteiger partial charge on any atom is -0.337 e. The zero-order valence-corrected chi connectivity index (χ0v) is 19.9. The van der Waals surface area contributed by atoms with Gasteiger partial charge < -0.3 is 9.80 Å². The number of rotatable bonds is 6. The van der Waals surface area contributed by atoms with Gasteiger partial charge in [-0.2, -0.15) is 5.10 Å². The molecular weight excluding hydrogens is 460 g/mol. The number of halogens is 1. The van der Waals surface area contributed by atoms with Gasteiger partial charge in [-0.15, -0.1) is 0 Å². The van der Waals surface area contributed by atoms with E-state index in [-0.39, 0.29) is 5.91 Å². The number of nitrogens with zero attached hydrogens (tertiary/aromatic N) is 6. The molecule has 1 amide bonds. The van der Waals surface area contributed by atoms with Gasteiger partial charge in [0.15, 0.2) is 0 Å². The highest BCUT2D eigenvalue weighted by atomic mass is 35.5. The van der Waals surface area contributed by atoms with Gasteiger partial charge in [-0.3, -0.25) is 9.48 Å². The van der Waals surface area contributed by atoms with Crippen molar-refractivity contribution in [2.75, 3.05) is 31.1 Å². The van der Waals surface area contributed by atoms with Crippen LogP contribution in [0.5, 0.6) is 0 Å². The summed E-state index contributed by atoms with van der Waals surface area (Å²) in [6.07, 6.45) is 8.94. The van der Waals surface area contributed by atoms with Gasteiger partial charge in [-0.25, -0.2) is 9.97 Å². The monoisotopic (exact) mass is 484 g/mol. The SMILES string of the molecule is O=C(/C=C/c1cn(Cc2ccccc2)nc1-c1ccc(Cl)cc1)N1CCN(c2ncccn2)CC1. The molecule has 1 aliphatic heterocycles. The highest BCUT2D eigenvalue weighted by Gasteiger charge is 2.21. The van der Waals surface area contributed by atoms with E-state index in [1.807, 2.05) is 64.3 Å². The Hall–Kier alpha value is -3.97. The molecule has 1 fully saturated rings. The Balaban J connectivity index is 1.32. The lowest BCUT2D eigenvalue weighted by atomic mass is 10.1. The van der Waals surface area contributed by atoms with Crippen LogP contribution in [0.1, 0.15) is 11.1 Å². The third-order valence-electron chi connectivity index (χ3n) is 5.93. The molecule has 0 atom stereocenters. The van der Waals surface area contributed by atoms with Crippen LogP contribution in [0.25, 0.3) is 17.3 Å². The van der Waals surface area contributed by atoms with Crippen LogP contribution in [0.2, 0.25) is 5.02 Å². The number of carbonyl (C=O) groups is 1. The molecule has 176 valence electrons. The first-order valence-electron chi connectivity index (χ1n) is 11.5. The quantitative estimate of drug-likeness (QED) is 0.379. The number of carbonyl (C=O) groups excluding carboxylic acids is 1. The van der Waals surface area contributed by atoms with Crippen molar-refractivity contribution in [1.82, 2.24) is 24.6 Å². The lowest BCUT2D eigenvalue weighted by Crippen LogP contribution is -2.48. The summed E-state index contributed by atoms with van der Waals surface area (Å²) >= 11 is 6.09. The highest BCUT2D eigenvalue weighted by molar-refractivity contribution is 6.30. The van der Waals surface area contributed by atoms with Crippen molar-refractivity contribution in [3.63, 3.8) is 0 Å². The van der Waals surface area contributed by atoms with E-state index in [9.17, 15) is 4.79 Å². The second kappa shape index (κ2) is 10.5. The van der Waals surface area contributed by atoms with Crippen LogP contribution in [0.4, 0.5) is 5.95 Å². The molecule has 2 aromatic carbocycles. The Morgan fingerprint density at radius 3 is 2.34 bits per heavy atom. The summed E-state index contributed by atoms with van der Waals surface area (Å²) in [6.45, 7) is 3.30. The maximum Gasteiger partial charge on any atom is 0.246 e. The molecule has 4 aromatic rings. The van der Waals surface area contributed by atoms with E-state index >= 15 is 0 Å². The second-order valence-corrected chi connectivity index (χ2v) is 8.75. The largest absolute Gasteiger partial charge is 0.337 e. The predicted octanol–water partition coefficient (Wildman–Crippen LogP) is 4.40. The van der Waals surface area contributed by atoms with E-state index in [1.54, 1.807) is 24.5 Å². The fourth-order valence-corrected chi connectivity index (χ4v) is 4.22. The number of hydrogen-bond donors (Lipinski definition) is 0. The molecule has 1 aliphatic rings. The van der Waals surface area contributed by atoms with Gasteiger partial charge in [0.05, 0.1) is 12.2 Å². The van der Waals surface area contributed by atoms with Crippen molar-refractivity contribution in [2.45, 2.75) is 6.54 Å². The summed E-state index contributed by atoms with van der Waals surface area (Å²) in [4.78, 5) is 25.5. The van der Waals surface area contributed by atoms with E-state index in [4.69, 9.17) is 16.7 Å². The maximum atomic E-state index is 12.9. The Labute approximate surface area is 209 Å². The number of benzene rings is 2. The summed E-state index contributed by atoms with van der Waals surface area (Å²) in [7, 11) is 0. The summed E-state index contributed by atoms with van der Waals surface area (Å²) in [5, 5.41) is 5.49. The van der Waals surface area contributed by atoms with E-state index in [1.165, 1.54) is 0 Å². The average molecular weight is 485 g/mol. The normalized spacial score (nSPS) is 14.0. The summed E-state index contributed by atoms with van der Waals surface area (Å²) in [5.74, 6) is 0.685. The lowest BCUT2D eigenvalue weighted by Gasteiger charge is -2.34. The number of anilines is 1. The minimum absolute atomic E-state index is 0.0171.